The summed E-state index contributed by atoms with van der Waals surface area (Å²) < 4.78 is 0. The number of hydrogen-bond donors (Lipinski definition) is 3. The number of nitrogens with one attached hydrogen (secondary N) is 3. The van der Waals surface area contributed by atoms with Crippen LogP contribution >= 0.6 is 11.6 Å². The van der Waals surface area contributed by atoms with Gasteiger partial charge in [0.1, 0.15) is 5.82 Å². The van der Waals surface area contributed by atoms with Gasteiger partial charge in [0, 0.05) is 43.4 Å². The molecule has 3 N–H and O–H groups in total. The maximum atomic E-state index is 12.7. The van der Waals surface area contributed by atoms with Crippen LogP contribution < -0.4 is 20.9 Å². The Labute approximate surface area is 186 Å². The molecule has 2 heterocycles. The van der Waals surface area contributed by atoms with Crippen molar-refractivity contribution in [1.29, 1.82) is 0 Å². The molecular formula is C22H26ClN5O3. The summed E-state index contributed by atoms with van der Waals surface area (Å²) in [7, 11) is 1.75. The number of anilines is 2. The van der Waals surface area contributed by atoms with E-state index >= 15 is 0 Å². The second-order valence-corrected chi connectivity index (χ2v) is 7.83. The molecule has 1 aliphatic rings. The van der Waals surface area contributed by atoms with Crippen molar-refractivity contribution < 1.29 is 14.4 Å². The van der Waals surface area contributed by atoms with Gasteiger partial charge in [-0.2, -0.15) is 0 Å². The van der Waals surface area contributed by atoms with Crippen molar-refractivity contribution in [2.24, 2.45) is 0 Å². The van der Waals surface area contributed by atoms with Crippen LogP contribution in [0, 0.1) is 0 Å². The van der Waals surface area contributed by atoms with Crippen LogP contribution in [0.5, 0.6) is 0 Å². The van der Waals surface area contributed by atoms with Crippen molar-refractivity contribution in [2.75, 3.05) is 30.4 Å². The molecule has 0 bridgehead atoms. The van der Waals surface area contributed by atoms with E-state index in [9.17, 15) is 14.4 Å². The fourth-order valence-corrected chi connectivity index (χ4v) is 3.54. The molecule has 9 heteroatoms. The van der Waals surface area contributed by atoms with Gasteiger partial charge >= 0.3 is 0 Å². The number of rotatable bonds is 8. The van der Waals surface area contributed by atoms with Crippen molar-refractivity contribution in [3.63, 3.8) is 0 Å². The highest BCUT2D eigenvalue weighted by atomic mass is 35.5. The van der Waals surface area contributed by atoms with Gasteiger partial charge < -0.3 is 20.9 Å². The largest absolute Gasteiger partial charge is 0.348 e. The zero-order valence-corrected chi connectivity index (χ0v) is 18.1. The minimum absolute atomic E-state index is 0.0806. The first kappa shape index (κ1) is 22.7. The minimum Gasteiger partial charge on any atom is -0.348 e. The summed E-state index contributed by atoms with van der Waals surface area (Å²) in [5.74, 6) is -0.0472. The Balaban J connectivity index is 1.58. The van der Waals surface area contributed by atoms with Gasteiger partial charge in [0.2, 0.25) is 11.8 Å². The number of aromatic nitrogens is 1. The van der Waals surface area contributed by atoms with Crippen LogP contribution in [0.25, 0.3) is 0 Å². The van der Waals surface area contributed by atoms with Gasteiger partial charge in [0.15, 0.2) is 0 Å². The number of benzene rings is 1. The lowest BCUT2D eigenvalue weighted by atomic mass is 10.1. The molecule has 1 atom stereocenters. The van der Waals surface area contributed by atoms with Crippen molar-refractivity contribution in [3.05, 3.63) is 53.2 Å². The molecule has 1 aromatic carbocycles. The summed E-state index contributed by atoms with van der Waals surface area (Å²) in [5.41, 5.74) is 1.26. The zero-order chi connectivity index (χ0) is 22.2. The molecule has 2 aromatic rings. The smallest absolute Gasteiger partial charge is 0.251 e. The lowest BCUT2D eigenvalue weighted by Gasteiger charge is -2.27. The minimum atomic E-state index is -0.409. The molecule has 0 radical (unpaired) electrons. The number of likely N-dealkylation sites (N-methyl/N-ethyl adjacent to an activating group) is 1. The van der Waals surface area contributed by atoms with Gasteiger partial charge in [-0.15, -0.1) is 0 Å². The van der Waals surface area contributed by atoms with Gasteiger partial charge in [-0.1, -0.05) is 11.6 Å². The lowest BCUT2D eigenvalue weighted by molar-refractivity contribution is -0.119. The third-order valence-corrected chi connectivity index (χ3v) is 5.20. The average molecular weight is 444 g/mol. The second-order valence-electron chi connectivity index (χ2n) is 7.39. The molecule has 1 unspecified atom stereocenters. The van der Waals surface area contributed by atoms with Crippen LogP contribution in [0.3, 0.4) is 0 Å². The third kappa shape index (κ3) is 6.50. The standard InChI is InChI=1S/C22H26ClN5O3/c1-24-14-17(12-20(29)27-19-10-7-16(23)13-25-19)26-22(31)15-5-8-18(9-6-15)28-11-3-2-4-21(28)30/h5-10,13,17,24H,2-4,11-12,14H2,1H3,(H,26,31)(H,25,27,29). The van der Waals surface area contributed by atoms with Crippen LogP contribution in [0.1, 0.15) is 36.0 Å². The third-order valence-electron chi connectivity index (χ3n) is 4.98. The number of nitrogens with zero attached hydrogens (tertiary/aromatic N) is 2. The molecule has 1 fully saturated rings. The zero-order valence-electron chi connectivity index (χ0n) is 17.4. The van der Waals surface area contributed by atoms with Crippen molar-refractivity contribution in [3.8, 4) is 0 Å². The number of carbonyl (C=O) groups excluding carboxylic acids is 3. The first-order valence-electron chi connectivity index (χ1n) is 10.2. The fraction of sp³-hybridized carbons (Fsp3) is 0.364. The first-order chi connectivity index (χ1) is 15.0. The molecule has 31 heavy (non-hydrogen) atoms. The summed E-state index contributed by atoms with van der Waals surface area (Å²) in [6.45, 7) is 1.12. The van der Waals surface area contributed by atoms with E-state index in [1.807, 2.05) is 0 Å². The van der Waals surface area contributed by atoms with Crippen LogP contribution in [0.2, 0.25) is 5.02 Å². The van der Waals surface area contributed by atoms with E-state index in [1.165, 1.54) is 6.20 Å². The van der Waals surface area contributed by atoms with Crippen molar-refractivity contribution in [1.82, 2.24) is 15.6 Å². The first-order valence-corrected chi connectivity index (χ1v) is 10.6. The van der Waals surface area contributed by atoms with Gasteiger partial charge in [-0.05, 0) is 56.3 Å². The Morgan fingerprint density at radius 1 is 1.16 bits per heavy atom. The maximum Gasteiger partial charge on any atom is 0.251 e. The normalized spacial score (nSPS) is 14.8. The molecule has 3 amide bonds. The number of pyridine rings is 1. The Morgan fingerprint density at radius 3 is 2.58 bits per heavy atom. The van der Waals surface area contributed by atoms with Gasteiger partial charge in [-0.3, -0.25) is 14.4 Å². The van der Waals surface area contributed by atoms with E-state index in [0.717, 1.165) is 18.5 Å². The number of piperidine rings is 1. The Hall–Kier alpha value is -2.97. The van der Waals surface area contributed by atoms with Gasteiger partial charge in [-0.25, -0.2) is 4.98 Å². The summed E-state index contributed by atoms with van der Waals surface area (Å²) in [6, 6.07) is 9.79. The molecule has 1 saturated heterocycles. The second kappa shape index (κ2) is 10.9. The van der Waals surface area contributed by atoms with Gasteiger partial charge in [0.25, 0.3) is 5.91 Å². The number of carbonyl (C=O) groups is 3. The van der Waals surface area contributed by atoms with Gasteiger partial charge in [0.05, 0.1) is 11.1 Å². The van der Waals surface area contributed by atoms with E-state index in [2.05, 4.69) is 20.9 Å². The highest BCUT2D eigenvalue weighted by molar-refractivity contribution is 6.30. The lowest BCUT2D eigenvalue weighted by Crippen LogP contribution is -2.43. The summed E-state index contributed by atoms with van der Waals surface area (Å²) in [4.78, 5) is 42.9. The number of amides is 3. The van der Waals surface area contributed by atoms with Crippen LogP contribution in [0.4, 0.5) is 11.5 Å². The predicted octanol–water partition coefficient (Wildman–Crippen LogP) is 2.60. The average Bonchev–Trinajstić information content (AvgIpc) is 2.76. The molecule has 0 saturated carbocycles. The molecule has 0 spiro atoms. The SMILES string of the molecule is CNCC(CC(=O)Nc1ccc(Cl)cn1)NC(=O)c1ccc(N2CCCCC2=O)cc1. The summed E-state index contributed by atoms with van der Waals surface area (Å²) >= 11 is 5.80. The molecular weight excluding hydrogens is 418 g/mol. The predicted molar refractivity (Wildman–Crippen MR) is 120 cm³/mol. The Kier molecular flexibility index (Phi) is 7.97. The number of halogens is 1. The Bertz CT molecular complexity index is 918. The molecule has 0 aliphatic carbocycles. The number of hydrogen-bond acceptors (Lipinski definition) is 5. The molecule has 1 aromatic heterocycles. The van der Waals surface area contributed by atoms with Crippen molar-refractivity contribution in [2.45, 2.75) is 31.7 Å². The van der Waals surface area contributed by atoms with E-state index in [1.54, 1.807) is 48.3 Å². The fourth-order valence-electron chi connectivity index (χ4n) is 3.43. The summed E-state index contributed by atoms with van der Waals surface area (Å²) in [5, 5.41) is 9.04. The summed E-state index contributed by atoms with van der Waals surface area (Å²) in [6.07, 6.45) is 3.99. The van der Waals surface area contributed by atoms with E-state index < -0.39 is 6.04 Å². The molecule has 8 nitrogen and oxygen atoms in total. The highest BCUT2D eigenvalue weighted by Crippen LogP contribution is 2.21. The molecule has 3 rings (SSSR count). The monoisotopic (exact) mass is 443 g/mol. The quantitative estimate of drug-likeness (QED) is 0.581. The van der Waals surface area contributed by atoms with Crippen LogP contribution in [0.15, 0.2) is 42.6 Å². The van der Waals surface area contributed by atoms with Crippen LogP contribution in [-0.4, -0.2) is 48.9 Å². The topological polar surface area (TPSA) is 103 Å². The highest BCUT2D eigenvalue weighted by Gasteiger charge is 2.21. The van der Waals surface area contributed by atoms with Crippen LogP contribution in [-0.2, 0) is 9.59 Å². The van der Waals surface area contributed by atoms with E-state index in [4.69, 9.17) is 11.6 Å². The van der Waals surface area contributed by atoms with E-state index in [-0.39, 0.29) is 24.1 Å². The maximum absolute atomic E-state index is 12.7. The van der Waals surface area contributed by atoms with E-state index in [0.29, 0.717) is 35.9 Å². The molecule has 1 aliphatic heterocycles. The molecule has 164 valence electrons. The Morgan fingerprint density at radius 2 is 1.94 bits per heavy atom. The van der Waals surface area contributed by atoms with Crippen molar-refractivity contribution >= 4 is 40.8 Å².